The Bertz CT molecular complexity index is 1300. The molecule has 9 nitrogen and oxygen atoms in total. The number of H-pyrrole nitrogens is 1. The Morgan fingerprint density at radius 1 is 1.24 bits per heavy atom. The Morgan fingerprint density at radius 3 is 2.71 bits per heavy atom. The number of aromatic amines is 1. The van der Waals surface area contributed by atoms with Crippen LogP contribution in [0.25, 0.3) is 11.2 Å². The number of anilines is 2. The van der Waals surface area contributed by atoms with Gasteiger partial charge in [0.1, 0.15) is 17.7 Å². The number of fused-ring (bicyclic) bond motifs is 3. The van der Waals surface area contributed by atoms with Crippen LogP contribution in [0.15, 0.2) is 18.2 Å². The van der Waals surface area contributed by atoms with Gasteiger partial charge in [0.05, 0.1) is 35.4 Å². The van der Waals surface area contributed by atoms with Crippen molar-refractivity contribution in [1.82, 2.24) is 15.0 Å². The summed E-state index contributed by atoms with van der Waals surface area (Å²) in [4.78, 5) is 12.1. The number of aliphatic hydroxyl groups excluding tert-OH is 1. The lowest BCUT2D eigenvalue weighted by molar-refractivity contribution is 0.0135. The van der Waals surface area contributed by atoms with Crippen LogP contribution in [0.1, 0.15) is 50.3 Å². The van der Waals surface area contributed by atoms with Crippen molar-refractivity contribution in [3.8, 4) is 6.01 Å². The third-order valence-corrected chi connectivity index (χ3v) is 7.08. The Labute approximate surface area is 229 Å². The molecule has 3 aliphatic rings. The molecule has 5 atom stereocenters. The van der Waals surface area contributed by atoms with Crippen LogP contribution in [0.2, 0.25) is 5.02 Å². The number of hydrogen-bond acceptors (Lipinski definition) is 8. The first-order valence-electron chi connectivity index (χ1n) is 12.8. The van der Waals surface area contributed by atoms with Crippen LogP contribution >= 0.6 is 11.6 Å². The van der Waals surface area contributed by atoms with E-state index in [-0.39, 0.29) is 30.0 Å². The first kappa shape index (κ1) is 28.5. The molecule has 1 unspecified atom stereocenters. The number of nitrogen functional groups attached to an aromatic ring is 1. The number of aliphatic hydroxyl groups is 1. The molecule has 6 rings (SSSR count). The Kier molecular flexibility index (Phi) is 9.12. The highest BCUT2D eigenvalue weighted by atomic mass is 35.5. The second-order valence-electron chi connectivity index (χ2n) is 9.55. The van der Waals surface area contributed by atoms with E-state index >= 15 is 0 Å². The van der Waals surface area contributed by atoms with Gasteiger partial charge < -0.3 is 30.6 Å². The zero-order chi connectivity index (χ0) is 27.6. The Hall–Kier alpha value is -2.47. The molecule has 3 aromatic rings. The van der Waals surface area contributed by atoms with E-state index in [1.807, 2.05) is 19.9 Å². The summed E-state index contributed by atoms with van der Waals surface area (Å²) >= 11 is 6.47. The largest absolute Gasteiger partial charge is 0.459 e. The Morgan fingerprint density at radius 2 is 1.97 bits per heavy atom. The van der Waals surface area contributed by atoms with Gasteiger partial charge in [-0.1, -0.05) is 25.4 Å². The van der Waals surface area contributed by atoms with E-state index in [0.717, 1.165) is 31.2 Å². The average Bonchev–Trinajstić information content (AvgIpc) is 3.62. The maximum atomic E-state index is 14.5. The lowest BCUT2D eigenvalue weighted by atomic mass is 10.0. The molecule has 0 radical (unpaired) electrons. The number of halogens is 2. The molecule has 0 bridgehead atoms. The van der Waals surface area contributed by atoms with Crippen LogP contribution < -0.4 is 15.8 Å². The second kappa shape index (κ2) is 12.1. The van der Waals surface area contributed by atoms with Crippen molar-refractivity contribution in [2.24, 2.45) is 5.92 Å². The van der Waals surface area contributed by atoms with Crippen molar-refractivity contribution in [2.45, 2.75) is 63.9 Å². The molecule has 12 heteroatoms. The van der Waals surface area contributed by atoms with Crippen molar-refractivity contribution in [2.75, 3.05) is 30.2 Å². The summed E-state index contributed by atoms with van der Waals surface area (Å²) in [5.41, 5.74) is 8.80. The van der Waals surface area contributed by atoms with Gasteiger partial charge in [-0.05, 0) is 49.4 Å². The van der Waals surface area contributed by atoms with Crippen LogP contribution in [0, 0.1) is 11.7 Å². The molecule has 2 aliphatic carbocycles. The summed E-state index contributed by atoms with van der Waals surface area (Å²) in [7, 11) is -0.611. The number of aromatic nitrogens is 3. The predicted octanol–water partition coefficient (Wildman–Crippen LogP) is 4.37. The number of imidazole rings is 1. The van der Waals surface area contributed by atoms with Gasteiger partial charge >= 0.3 is 0 Å². The second-order valence-corrected chi connectivity index (χ2v) is 11.4. The number of rotatable bonds is 4. The number of nitrogens with one attached hydrogen (secondary N) is 2. The molecule has 2 aromatic heterocycles. The van der Waals surface area contributed by atoms with E-state index in [1.54, 1.807) is 18.6 Å². The molecule has 208 valence electrons. The quantitative estimate of drug-likeness (QED) is 0.341. The molecule has 38 heavy (non-hydrogen) atoms. The monoisotopic (exact) mass is 567 g/mol. The van der Waals surface area contributed by atoms with E-state index < -0.39 is 16.9 Å². The minimum absolute atomic E-state index is 0.109. The summed E-state index contributed by atoms with van der Waals surface area (Å²) in [5.74, 6) is 0.226. The molecule has 0 spiro atoms. The molecular weight excluding hydrogens is 533 g/mol. The van der Waals surface area contributed by atoms with Gasteiger partial charge in [0.15, 0.2) is 5.65 Å². The van der Waals surface area contributed by atoms with E-state index in [9.17, 15) is 13.7 Å². The fourth-order valence-corrected chi connectivity index (χ4v) is 5.51. The highest BCUT2D eigenvalue weighted by Crippen LogP contribution is 2.40. The summed E-state index contributed by atoms with van der Waals surface area (Å²) < 4.78 is 35.8. The van der Waals surface area contributed by atoms with E-state index in [1.165, 1.54) is 6.07 Å². The third kappa shape index (κ3) is 6.06. The number of ether oxygens (including phenoxy) is 2. The van der Waals surface area contributed by atoms with E-state index in [4.69, 9.17) is 26.8 Å². The lowest BCUT2D eigenvalue weighted by Crippen LogP contribution is -2.30. The van der Waals surface area contributed by atoms with Crippen molar-refractivity contribution in [3.63, 3.8) is 0 Å². The number of nitrogens with two attached hydrogens (primary N) is 1. The van der Waals surface area contributed by atoms with Crippen LogP contribution in [-0.4, -0.2) is 61.7 Å². The van der Waals surface area contributed by atoms with Crippen LogP contribution in [0.3, 0.4) is 0 Å². The molecule has 1 aliphatic heterocycles. The smallest absolute Gasteiger partial charge is 0.296 e. The number of benzene rings is 1. The topological polar surface area (TPSA) is 135 Å². The van der Waals surface area contributed by atoms with Crippen LogP contribution in [0.5, 0.6) is 6.01 Å². The van der Waals surface area contributed by atoms with E-state index in [2.05, 4.69) is 20.3 Å². The lowest BCUT2D eigenvalue weighted by Gasteiger charge is -2.17. The molecular formula is C26H35ClFN5O4S. The summed E-state index contributed by atoms with van der Waals surface area (Å²) in [5, 5.41) is 13.7. The SMILES string of the molecule is CC.CS(C)=O.Nc1cc(F)c2c(c1)CC[C@@H]2Nc1nc2nc(O[C@@H]3CCC4[C@H](O)CO[C@@H]43)[nH]c2cc1Cl. The molecule has 3 heterocycles. The average molecular weight is 568 g/mol. The molecule has 1 aromatic carbocycles. The fourth-order valence-electron chi connectivity index (χ4n) is 5.31. The predicted molar refractivity (Wildman–Crippen MR) is 149 cm³/mol. The highest BCUT2D eigenvalue weighted by Gasteiger charge is 2.47. The maximum absolute atomic E-state index is 14.5. The molecule has 1 saturated carbocycles. The normalized spacial score (nSPS) is 25.3. The summed E-state index contributed by atoms with van der Waals surface area (Å²) in [6, 6.07) is 4.98. The molecule has 5 N–H and O–H groups in total. The van der Waals surface area contributed by atoms with Gasteiger partial charge in [0.25, 0.3) is 6.01 Å². The van der Waals surface area contributed by atoms with Crippen molar-refractivity contribution < 1.29 is 23.2 Å². The van der Waals surface area contributed by atoms with Gasteiger partial charge in [-0.15, -0.1) is 0 Å². The molecule has 1 saturated heterocycles. The van der Waals surface area contributed by atoms with Crippen LogP contribution in [-0.2, 0) is 22.0 Å². The first-order valence-corrected chi connectivity index (χ1v) is 15.2. The Balaban J connectivity index is 0.000000515. The van der Waals surface area contributed by atoms with Gasteiger partial charge in [-0.25, -0.2) is 9.37 Å². The van der Waals surface area contributed by atoms with Crippen LogP contribution in [0.4, 0.5) is 15.9 Å². The van der Waals surface area contributed by atoms with Gasteiger partial charge in [0.2, 0.25) is 0 Å². The fraction of sp³-hybridized carbons (Fsp3) is 0.538. The van der Waals surface area contributed by atoms with E-state index in [0.29, 0.717) is 45.9 Å². The standard InChI is InChI=1S/C22H23ClFN5O3.C2H6OS.C2H6/c23-12-7-15-21(29-22(27-15)32-17-4-2-11-16(30)8-31-19(11)17)28-20(12)26-14-3-1-9-5-10(25)6-13(24)18(9)14;1-4(2)3;1-2/h5-7,11,14,16-17,19,30H,1-4,8,25H2,(H2,26,27,28,29);1-2H3;1-2H3/t11?,14-,16+,17+,19-;;/m0../s1. The first-order chi connectivity index (χ1) is 18.2. The van der Waals surface area contributed by atoms with Gasteiger partial charge in [0, 0.05) is 40.5 Å². The maximum Gasteiger partial charge on any atom is 0.296 e. The van der Waals surface area contributed by atoms with Crippen molar-refractivity contribution in [1.29, 1.82) is 0 Å². The van der Waals surface area contributed by atoms with Gasteiger partial charge in [-0.2, -0.15) is 4.98 Å². The minimum atomic E-state index is -0.611. The molecule has 0 amide bonds. The van der Waals surface area contributed by atoms with Gasteiger partial charge in [-0.3, -0.25) is 4.21 Å². The number of nitrogens with zero attached hydrogens (tertiary/aromatic N) is 2. The number of pyridine rings is 1. The number of aryl methyl sites for hydroxylation is 1. The minimum Gasteiger partial charge on any atom is -0.459 e. The molecule has 2 fully saturated rings. The summed E-state index contributed by atoms with van der Waals surface area (Å²) in [6.45, 7) is 4.35. The summed E-state index contributed by atoms with van der Waals surface area (Å²) in [6.07, 6.45) is 5.66. The number of hydrogen-bond donors (Lipinski definition) is 4. The van der Waals surface area contributed by atoms with Crippen molar-refractivity contribution >= 4 is 45.1 Å². The van der Waals surface area contributed by atoms with Crippen molar-refractivity contribution in [3.05, 3.63) is 40.2 Å². The highest BCUT2D eigenvalue weighted by molar-refractivity contribution is 7.83. The third-order valence-electron chi connectivity index (χ3n) is 6.79. The zero-order valence-corrected chi connectivity index (χ0v) is 23.5. The zero-order valence-electron chi connectivity index (χ0n) is 22.0.